The van der Waals surface area contributed by atoms with Crippen LogP contribution in [0.2, 0.25) is 0 Å². The van der Waals surface area contributed by atoms with Crippen LogP contribution in [0.25, 0.3) is 22.2 Å². The molecule has 7 heteroatoms. The summed E-state index contributed by atoms with van der Waals surface area (Å²) in [5.41, 5.74) is 2.70. The van der Waals surface area contributed by atoms with Gasteiger partial charge >= 0.3 is 0 Å². The van der Waals surface area contributed by atoms with Crippen molar-refractivity contribution < 1.29 is 12.8 Å². The summed E-state index contributed by atoms with van der Waals surface area (Å²) in [7, 11) is -3.76. The Morgan fingerprint density at radius 1 is 1.07 bits per heavy atom. The fourth-order valence-electron chi connectivity index (χ4n) is 3.14. The Balaban J connectivity index is 1.92. The summed E-state index contributed by atoms with van der Waals surface area (Å²) < 4.78 is 37.2. The molecule has 0 radical (unpaired) electrons. The summed E-state index contributed by atoms with van der Waals surface area (Å²) in [4.78, 5) is 0.633. The topological polar surface area (TPSA) is 64.6 Å². The van der Waals surface area contributed by atoms with Crippen LogP contribution in [-0.2, 0) is 16.6 Å². The van der Waals surface area contributed by atoms with E-state index >= 15 is 0 Å². The van der Waals surface area contributed by atoms with E-state index in [2.05, 4.69) is 4.40 Å². The minimum absolute atomic E-state index is 0.188. The van der Waals surface area contributed by atoms with Crippen molar-refractivity contribution in [1.82, 2.24) is 4.57 Å². The third-order valence-electron chi connectivity index (χ3n) is 4.38. The van der Waals surface area contributed by atoms with Gasteiger partial charge < -0.3 is 8.98 Å². The third-order valence-corrected chi connectivity index (χ3v) is 6.64. The second-order valence-corrected chi connectivity index (χ2v) is 8.50. The maximum Gasteiger partial charge on any atom is 0.285 e. The van der Waals surface area contributed by atoms with Gasteiger partial charge in [-0.3, -0.25) is 0 Å². The molecule has 2 aromatic heterocycles. The summed E-state index contributed by atoms with van der Waals surface area (Å²) >= 11 is 1.31. The molecule has 27 heavy (non-hydrogen) atoms. The van der Waals surface area contributed by atoms with Crippen LogP contribution in [0.3, 0.4) is 0 Å². The Kier molecular flexibility index (Phi) is 4.49. The predicted molar refractivity (Wildman–Crippen MR) is 107 cm³/mol. The molecule has 0 amide bonds. The molecule has 138 valence electrons. The van der Waals surface area contributed by atoms with E-state index in [0.717, 1.165) is 28.0 Å². The largest absolute Gasteiger partial charge is 0.461 e. The monoisotopic (exact) mass is 398 g/mol. The van der Waals surface area contributed by atoms with E-state index < -0.39 is 10.0 Å². The van der Waals surface area contributed by atoms with Gasteiger partial charge in [-0.1, -0.05) is 36.4 Å². The highest BCUT2D eigenvalue weighted by atomic mass is 32.2. The Labute approximate surface area is 161 Å². The number of nitrogens with zero attached hydrogens (tertiary/aromatic N) is 2. The second kappa shape index (κ2) is 6.83. The number of aryl methyl sites for hydroxylation is 1. The number of para-hydroxylation sites is 1. The smallest absolute Gasteiger partial charge is 0.285 e. The van der Waals surface area contributed by atoms with Crippen LogP contribution in [-0.4, -0.2) is 13.0 Å². The number of hydrogen-bond acceptors (Lipinski definition) is 4. The van der Waals surface area contributed by atoms with Crippen molar-refractivity contribution in [1.29, 1.82) is 0 Å². The van der Waals surface area contributed by atoms with Gasteiger partial charge in [0, 0.05) is 22.9 Å². The van der Waals surface area contributed by atoms with Crippen LogP contribution in [0.5, 0.6) is 0 Å². The minimum Gasteiger partial charge on any atom is -0.461 e. The Morgan fingerprint density at radius 3 is 2.52 bits per heavy atom. The first-order valence-corrected chi connectivity index (χ1v) is 10.9. The molecule has 0 bridgehead atoms. The molecule has 4 aromatic rings. The van der Waals surface area contributed by atoms with Crippen LogP contribution in [0.4, 0.5) is 0 Å². The minimum atomic E-state index is -3.76. The lowest BCUT2D eigenvalue weighted by molar-refractivity contribution is 0.579. The van der Waals surface area contributed by atoms with Crippen LogP contribution in [0.15, 0.2) is 73.7 Å². The molecule has 4 rings (SSSR count). The highest BCUT2D eigenvalue weighted by Gasteiger charge is 2.18. The molecule has 2 aromatic carbocycles. The summed E-state index contributed by atoms with van der Waals surface area (Å²) in [6, 6.07) is 16.1. The van der Waals surface area contributed by atoms with Crippen LogP contribution < -0.4 is 4.80 Å². The molecular formula is C20H18N2O3S2. The summed E-state index contributed by atoms with van der Waals surface area (Å²) in [6.07, 6.45) is 0. The van der Waals surface area contributed by atoms with Crippen molar-refractivity contribution in [2.75, 3.05) is 0 Å². The van der Waals surface area contributed by atoms with E-state index in [1.807, 2.05) is 48.1 Å². The normalized spacial score (nSPS) is 12.7. The highest BCUT2D eigenvalue weighted by Crippen LogP contribution is 2.34. The van der Waals surface area contributed by atoms with Gasteiger partial charge in [-0.05, 0) is 32.0 Å². The van der Waals surface area contributed by atoms with E-state index in [-0.39, 0.29) is 4.90 Å². The fourth-order valence-corrected chi connectivity index (χ4v) is 5.34. The van der Waals surface area contributed by atoms with Crippen molar-refractivity contribution in [3.63, 3.8) is 0 Å². The quantitative estimate of drug-likeness (QED) is 0.505. The van der Waals surface area contributed by atoms with Gasteiger partial charge in [-0.25, -0.2) is 0 Å². The number of aromatic nitrogens is 1. The molecule has 0 saturated carbocycles. The van der Waals surface area contributed by atoms with Gasteiger partial charge in [-0.2, -0.15) is 8.42 Å². The summed E-state index contributed by atoms with van der Waals surface area (Å²) in [5, 5.41) is 2.94. The molecule has 2 heterocycles. The number of sulfonamides is 1. The van der Waals surface area contributed by atoms with Gasteiger partial charge in [0.05, 0.1) is 10.6 Å². The molecule has 0 N–H and O–H groups in total. The molecule has 0 spiro atoms. The zero-order chi connectivity index (χ0) is 19.0. The highest BCUT2D eigenvalue weighted by molar-refractivity contribution is 7.90. The van der Waals surface area contributed by atoms with E-state index in [4.69, 9.17) is 4.42 Å². The number of thiazole rings is 1. The third kappa shape index (κ3) is 3.13. The first-order chi connectivity index (χ1) is 13.0. The first kappa shape index (κ1) is 17.8. The number of benzene rings is 2. The maximum absolute atomic E-state index is 12.7. The van der Waals surface area contributed by atoms with Crippen molar-refractivity contribution in [2.45, 2.75) is 25.3 Å². The lowest BCUT2D eigenvalue weighted by atomic mass is 10.1. The molecular weight excluding hydrogens is 380 g/mol. The average molecular weight is 399 g/mol. The average Bonchev–Trinajstić information content (AvgIpc) is 3.21. The van der Waals surface area contributed by atoms with Gasteiger partial charge in [-0.15, -0.1) is 15.7 Å². The molecule has 0 aliphatic heterocycles. The number of furan rings is 1. The lowest BCUT2D eigenvalue weighted by Crippen LogP contribution is -2.17. The summed E-state index contributed by atoms with van der Waals surface area (Å²) in [5.74, 6) is 0.800. The van der Waals surface area contributed by atoms with Gasteiger partial charge in [0.1, 0.15) is 11.3 Å². The van der Waals surface area contributed by atoms with Crippen LogP contribution in [0, 0.1) is 6.92 Å². The molecule has 0 unspecified atom stereocenters. The number of rotatable bonds is 4. The first-order valence-electron chi connectivity index (χ1n) is 8.54. The predicted octanol–water partition coefficient (Wildman–Crippen LogP) is 4.58. The van der Waals surface area contributed by atoms with Gasteiger partial charge in [0.15, 0.2) is 0 Å². The SMILES string of the molecule is CCn1c(-c2c(C)oc3ccccc23)cs/c1=N\S(=O)(=O)c1ccccc1. The Morgan fingerprint density at radius 2 is 1.78 bits per heavy atom. The zero-order valence-electron chi connectivity index (χ0n) is 14.9. The maximum atomic E-state index is 12.7. The van der Waals surface area contributed by atoms with Crippen molar-refractivity contribution in [3.05, 3.63) is 70.5 Å². The molecule has 0 saturated heterocycles. The van der Waals surface area contributed by atoms with Crippen LogP contribution in [0.1, 0.15) is 12.7 Å². The Hall–Kier alpha value is -2.64. The molecule has 0 atom stereocenters. The molecule has 0 aliphatic carbocycles. The van der Waals surface area contributed by atoms with E-state index in [0.29, 0.717) is 11.3 Å². The zero-order valence-corrected chi connectivity index (χ0v) is 16.5. The second-order valence-electron chi connectivity index (χ2n) is 6.06. The summed E-state index contributed by atoms with van der Waals surface area (Å²) in [6.45, 7) is 4.49. The molecule has 0 aliphatic rings. The van der Waals surface area contributed by atoms with E-state index in [1.54, 1.807) is 30.3 Å². The lowest BCUT2D eigenvalue weighted by Gasteiger charge is -2.06. The van der Waals surface area contributed by atoms with Gasteiger partial charge in [0.25, 0.3) is 10.0 Å². The van der Waals surface area contributed by atoms with Crippen molar-refractivity contribution in [2.24, 2.45) is 4.40 Å². The number of fused-ring (bicyclic) bond motifs is 1. The standard InChI is InChI=1S/C20H18N2O3S2/c1-3-22-17(19-14(2)25-18-12-8-7-11-16(18)19)13-26-20(22)21-27(23,24)15-9-5-4-6-10-15/h4-13H,3H2,1-2H3/b21-20-. The van der Waals surface area contributed by atoms with E-state index in [1.165, 1.54) is 11.3 Å². The van der Waals surface area contributed by atoms with Gasteiger partial charge in [0.2, 0.25) is 4.80 Å². The molecule has 5 nitrogen and oxygen atoms in total. The van der Waals surface area contributed by atoms with E-state index in [9.17, 15) is 8.42 Å². The van der Waals surface area contributed by atoms with Crippen molar-refractivity contribution in [3.8, 4) is 11.3 Å². The fraction of sp³-hybridized carbons (Fsp3) is 0.150. The van der Waals surface area contributed by atoms with Crippen molar-refractivity contribution >= 4 is 32.3 Å². The Bertz CT molecular complexity index is 1280. The molecule has 0 fully saturated rings. The van der Waals surface area contributed by atoms with Crippen LogP contribution >= 0.6 is 11.3 Å². The number of hydrogen-bond donors (Lipinski definition) is 0.